The first kappa shape index (κ1) is 21.3. The molecule has 2 aromatic rings. The molecule has 0 aliphatic carbocycles. The number of rotatable bonds is 11. The van der Waals surface area contributed by atoms with Crippen LogP contribution >= 0.6 is 0 Å². The molecule has 0 saturated heterocycles. The molecule has 5 nitrogen and oxygen atoms in total. The monoisotopic (exact) mass is 392 g/mol. The SMILES string of the molecule is CCCCCCCCCc1c(O)ccc(S(=O)(=O)O)c1Oc1ccccc1. The van der Waals surface area contributed by atoms with Crippen LogP contribution in [0, 0.1) is 0 Å². The van der Waals surface area contributed by atoms with Crippen molar-refractivity contribution in [2.45, 2.75) is 63.2 Å². The fourth-order valence-corrected chi connectivity index (χ4v) is 3.66. The minimum Gasteiger partial charge on any atom is -0.508 e. The van der Waals surface area contributed by atoms with Crippen molar-refractivity contribution in [1.29, 1.82) is 0 Å². The Bertz CT molecular complexity index is 816. The smallest absolute Gasteiger partial charge is 0.298 e. The average Bonchev–Trinajstić information content (AvgIpc) is 2.63. The Hall–Kier alpha value is -2.05. The third-order valence-corrected chi connectivity index (χ3v) is 5.35. The summed E-state index contributed by atoms with van der Waals surface area (Å²) in [7, 11) is -4.47. The van der Waals surface area contributed by atoms with E-state index < -0.39 is 10.1 Å². The number of hydrogen-bond donors (Lipinski definition) is 2. The van der Waals surface area contributed by atoms with Crippen molar-refractivity contribution in [3.8, 4) is 17.2 Å². The molecule has 6 heteroatoms. The second-order valence-corrected chi connectivity index (χ2v) is 8.04. The van der Waals surface area contributed by atoms with Crippen LogP contribution in [0.1, 0.15) is 57.4 Å². The van der Waals surface area contributed by atoms with Gasteiger partial charge in [0.1, 0.15) is 16.4 Å². The van der Waals surface area contributed by atoms with Crippen molar-refractivity contribution >= 4 is 10.1 Å². The highest BCUT2D eigenvalue weighted by atomic mass is 32.2. The van der Waals surface area contributed by atoms with E-state index in [1.807, 2.05) is 6.07 Å². The Balaban J connectivity index is 2.19. The van der Waals surface area contributed by atoms with Gasteiger partial charge in [0.05, 0.1) is 0 Å². The average molecular weight is 393 g/mol. The zero-order valence-electron chi connectivity index (χ0n) is 15.7. The van der Waals surface area contributed by atoms with Crippen LogP contribution in [-0.4, -0.2) is 18.1 Å². The number of hydrogen-bond acceptors (Lipinski definition) is 4. The lowest BCUT2D eigenvalue weighted by Crippen LogP contribution is -2.04. The highest BCUT2D eigenvalue weighted by Crippen LogP contribution is 2.38. The summed E-state index contributed by atoms with van der Waals surface area (Å²) in [4.78, 5) is -0.331. The van der Waals surface area contributed by atoms with Crippen molar-refractivity contribution in [1.82, 2.24) is 0 Å². The molecule has 2 aromatic carbocycles. The summed E-state index contributed by atoms with van der Waals surface area (Å²) in [6.07, 6.45) is 8.23. The summed E-state index contributed by atoms with van der Waals surface area (Å²) in [6, 6.07) is 11.2. The normalized spacial score (nSPS) is 11.5. The van der Waals surface area contributed by atoms with E-state index in [2.05, 4.69) is 6.92 Å². The number of phenolic OH excluding ortho intramolecular Hbond substituents is 1. The molecular weight excluding hydrogens is 364 g/mol. The summed E-state index contributed by atoms with van der Waals surface area (Å²) in [5.74, 6) is 0.405. The first-order valence-corrected chi connectivity index (χ1v) is 10.9. The Morgan fingerprint density at radius 1 is 0.889 bits per heavy atom. The van der Waals surface area contributed by atoms with E-state index in [4.69, 9.17) is 4.74 Å². The topological polar surface area (TPSA) is 83.8 Å². The Morgan fingerprint density at radius 2 is 1.52 bits per heavy atom. The van der Waals surface area contributed by atoms with Gasteiger partial charge < -0.3 is 9.84 Å². The summed E-state index contributed by atoms with van der Waals surface area (Å²) in [6.45, 7) is 2.18. The molecule has 27 heavy (non-hydrogen) atoms. The van der Waals surface area contributed by atoms with Gasteiger partial charge in [-0.05, 0) is 37.1 Å². The van der Waals surface area contributed by atoms with Gasteiger partial charge in [-0.25, -0.2) is 0 Å². The van der Waals surface area contributed by atoms with Gasteiger partial charge in [0.15, 0.2) is 5.75 Å². The maximum absolute atomic E-state index is 11.8. The van der Waals surface area contributed by atoms with E-state index in [0.717, 1.165) is 25.3 Å². The van der Waals surface area contributed by atoms with Gasteiger partial charge in [0.2, 0.25) is 0 Å². The number of ether oxygens (including phenoxy) is 1. The van der Waals surface area contributed by atoms with Gasteiger partial charge in [-0.3, -0.25) is 4.55 Å². The standard InChI is InChI=1S/C21H28O5S/c1-2-3-4-5-6-7-11-14-18-19(22)15-16-20(27(23,24)25)21(18)26-17-12-9-8-10-13-17/h8-10,12-13,15-16,22H,2-7,11,14H2,1H3,(H,23,24,25). The summed E-state index contributed by atoms with van der Waals surface area (Å²) >= 11 is 0. The second-order valence-electron chi connectivity index (χ2n) is 6.65. The molecule has 0 aromatic heterocycles. The highest BCUT2D eigenvalue weighted by molar-refractivity contribution is 7.86. The molecule has 0 heterocycles. The lowest BCUT2D eigenvalue weighted by atomic mass is 10.0. The van der Waals surface area contributed by atoms with Crippen LogP contribution in [0.2, 0.25) is 0 Å². The number of para-hydroxylation sites is 1. The largest absolute Gasteiger partial charge is 0.508 e. The lowest BCUT2D eigenvalue weighted by molar-refractivity contribution is 0.425. The van der Waals surface area contributed by atoms with Crippen molar-refractivity contribution < 1.29 is 22.8 Å². The first-order valence-electron chi connectivity index (χ1n) is 9.48. The Kier molecular flexibility index (Phi) is 8.13. The van der Waals surface area contributed by atoms with Crippen LogP contribution in [-0.2, 0) is 16.5 Å². The number of unbranched alkanes of at least 4 members (excludes halogenated alkanes) is 6. The van der Waals surface area contributed by atoms with Crippen LogP contribution in [0.4, 0.5) is 0 Å². The molecule has 0 fully saturated rings. The van der Waals surface area contributed by atoms with Crippen LogP contribution in [0.3, 0.4) is 0 Å². The maximum Gasteiger partial charge on any atom is 0.298 e. The molecule has 0 saturated carbocycles. The van der Waals surface area contributed by atoms with E-state index >= 15 is 0 Å². The maximum atomic E-state index is 11.8. The van der Waals surface area contributed by atoms with Crippen molar-refractivity contribution in [3.63, 3.8) is 0 Å². The van der Waals surface area contributed by atoms with Crippen molar-refractivity contribution in [3.05, 3.63) is 48.0 Å². The molecule has 2 rings (SSSR count). The molecule has 0 amide bonds. The highest BCUT2D eigenvalue weighted by Gasteiger charge is 2.23. The summed E-state index contributed by atoms with van der Waals surface area (Å²) in [5.41, 5.74) is 0.405. The van der Waals surface area contributed by atoms with Crippen LogP contribution < -0.4 is 4.74 Å². The van der Waals surface area contributed by atoms with Gasteiger partial charge in [0, 0.05) is 5.56 Å². The summed E-state index contributed by atoms with van der Waals surface area (Å²) < 4.78 is 38.9. The number of benzene rings is 2. The van der Waals surface area contributed by atoms with Crippen molar-refractivity contribution in [2.75, 3.05) is 0 Å². The van der Waals surface area contributed by atoms with Gasteiger partial charge in [0.25, 0.3) is 10.1 Å². The third-order valence-electron chi connectivity index (χ3n) is 4.47. The minimum absolute atomic E-state index is 0.00492. The molecule has 0 aliphatic heterocycles. The molecule has 0 unspecified atom stereocenters. The molecule has 0 aliphatic rings. The molecular formula is C21H28O5S. The van der Waals surface area contributed by atoms with Gasteiger partial charge in [-0.2, -0.15) is 8.42 Å². The quantitative estimate of drug-likeness (QED) is 0.377. The van der Waals surface area contributed by atoms with E-state index in [1.54, 1.807) is 24.3 Å². The van der Waals surface area contributed by atoms with Gasteiger partial charge in [-0.1, -0.05) is 63.6 Å². The predicted molar refractivity (Wildman–Crippen MR) is 106 cm³/mol. The van der Waals surface area contributed by atoms with E-state index in [0.29, 0.717) is 17.7 Å². The lowest BCUT2D eigenvalue weighted by Gasteiger charge is -2.16. The Morgan fingerprint density at radius 3 is 2.15 bits per heavy atom. The minimum atomic E-state index is -4.47. The molecule has 0 radical (unpaired) electrons. The number of phenols is 1. The van der Waals surface area contributed by atoms with Crippen molar-refractivity contribution in [2.24, 2.45) is 0 Å². The molecule has 148 valence electrons. The van der Waals surface area contributed by atoms with Crippen LogP contribution in [0.25, 0.3) is 0 Å². The molecule has 0 bridgehead atoms. The summed E-state index contributed by atoms with van der Waals surface area (Å²) in [5, 5.41) is 10.3. The van der Waals surface area contributed by atoms with E-state index in [1.165, 1.54) is 31.7 Å². The van der Waals surface area contributed by atoms with Gasteiger partial charge in [-0.15, -0.1) is 0 Å². The van der Waals surface area contributed by atoms with Gasteiger partial charge >= 0.3 is 0 Å². The number of aromatic hydroxyl groups is 1. The second kappa shape index (κ2) is 10.3. The van der Waals surface area contributed by atoms with E-state index in [9.17, 15) is 18.1 Å². The molecule has 2 N–H and O–H groups in total. The molecule has 0 spiro atoms. The zero-order valence-corrected chi connectivity index (χ0v) is 16.5. The van der Waals surface area contributed by atoms with E-state index in [-0.39, 0.29) is 16.4 Å². The third kappa shape index (κ3) is 6.56. The fourth-order valence-electron chi connectivity index (χ4n) is 3.02. The first-order chi connectivity index (χ1) is 12.9. The zero-order chi connectivity index (χ0) is 19.7. The Labute approximate surface area is 161 Å². The fraction of sp³-hybridized carbons (Fsp3) is 0.429. The molecule has 0 atom stereocenters. The predicted octanol–water partition coefficient (Wildman–Crippen LogP) is 5.72. The van der Waals surface area contributed by atoms with Crippen LogP contribution in [0.5, 0.6) is 17.2 Å². The van der Waals surface area contributed by atoms with Crippen LogP contribution in [0.15, 0.2) is 47.4 Å².